The fraction of sp³-hybridized carbons (Fsp3) is 0.147. The van der Waals surface area contributed by atoms with E-state index < -0.39 is 46.5 Å². The number of fused-ring (bicyclic) bond motifs is 3. The molecule has 1 atom stereocenters. The first kappa shape index (κ1) is 32.7. The molecule has 1 aliphatic rings. The van der Waals surface area contributed by atoms with E-state index in [2.05, 4.69) is 10.3 Å². The van der Waals surface area contributed by atoms with E-state index in [9.17, 15) is 36.6 Å². The van der Waals surface area contributed by atoms with Gasteiger partial charge >= 0.3 is 6.18 Å². The molecule has 48 heavy (non-hydrogen) atoms. The number of alkyl halides is 3. The molecule has 0 saturated carbocycles. The SMILES string of the molecule is COc1ccc(CN2C(=O)c3c(c(NC(=O)c4cc(F)cc(C(F)(F)F)c4)cc4nc(OC)ccc34)C2(O)c2cc(F)ccc2Cl)cc1. The van der Waals surface area contributed by atoms with Gasteiger partial charge in [0.25, 0.3) is 11.8 Å². The van der Waals surface area contributed by atoms with E-state index in [4.69, 9.17) is 21.1 Å². The Labute approximate surface area is 274 Å². The zero-order valence-electron chi connectivity index (χ0n) is 25.0. The standard InChI is InChI=1S/C34H23ClF5N3O5/c1-47-22-6-3-17(4-7-22)16-43-32(45)29-23-8-10-28(48-2)41-26(23)15-27(30(29)33(43,46)24-14-20(36)5-9-25(24)35)42-31(44)18-11-19(34(38,39)40)13-21(37)12-18/h3-15,46H,16H2,1-2H3,(H,42,44). The number of aromatic nitrogens is 1. The monoisotopic (exact) mass is 683 g/mol. The summed E-state index contributed by atoms with van der Waals surface area (Å²) in [5.74, 6) is -3.50. The molecule has 1 aromatic heterocycles. The zero-order valence-corrected chi connectivity index (χ0v) is 25.7. The Morgan fingerprint density at radius 3 is 2.35 bits per heavy atom. The first-order chi connectivity index (χ1) is 22.7. The van der Waals surface area contributed by atoms with Crippen LogP contribution in [-0.4, -0.2) is 41.0 Å². The molecule has 14 heteroatoms. The minimum Gasteiger partial charge on any atom is -0.497 e. The number of halogens is 6. The van der Waals surface area contributed by atoms with E-state index in [1.807, 2.05) is 0 Å². The number of anilines is 1. The summed E-state index contributed by atoms with van der Waals surface area (Å²) in [6.07, 6.45) is -4.97. The van der Waals surface area contributed by atoms with Crippen LogP contribution in [0, 0.1) is 11.6 Å². The van der Waals surface area contributed by atoms with Crippen LogP contribution in [0.15, 0.2) is 78.9 Å². The molecule has 2 amide bonds. The average Bonchev–Trinajstić information content (AvgIpc) is 3.28. The van der Waals surface area contributed by atoms with Crippen molar-refractivity contribution in [2.24, 2.45) is 0 Å². The number of methoxy groups -OCH3 is 2. The Morgan fingerprint density at radius 2 is 1.69 bits per heavy atom. The number of aliphatic hydroxyl groups is 1. The molecule has 4 aromatic carbocycles. The van der Waals surface area contributed by atoms with Gasteiger partial charge in [0, 0.05) is 39.7 Å². The molecule has 0 aliphatic carbocycles. The third-order valence-electron chi connectivity index (χ3n) is 7.92. The second-order valence-corrected chi connectivity index (χ2v) is 11.2. The van der Waals surface area contributed by atoms with Crippen molar-refractivity contribution in [1.29, 1.82) is 0 Å². The molecule has 0 bridgehead atoms. The summed E-state index contributed by atoms with van der Waals surface area (Å²) in [7, 11) is 2.82. The Balaban J connectivity index is 1.61. The highest BCUT2D eigenvalue weighted by atomic mass is 35.5. The Morgan fingerprint density at radius 1 is 0.958 bits per heavy atom. The quantitative estimate of drug-likeness (QED) is 0.175. The first-order valence-electron chi connectivity index (χ1n) is 14.1. The van der Waals surface area contributed by atoms with Crippen LogP contribution in [0.2, 0.25) is 5.02 Å². The Kier molecular flexibility index (Phi) is 8.21. The predicted octanol–water partition coefficient (Wildman–Crippen LogP) is 7.30. The number of benzene rings is 4. The lowest BCUT2D eigenvalue weighted by Crippen LogP contribution is -2.44. The molecule has 1 aliphatic heterocycles. The molecule has 2 N–H and O–H groups in total. The van der Waals surface area contributed by atoms with E-state index in [0.29, 0.717) is 23.4 Å². The van der Waals surface area contributed by atoms with Gasteiger partial charge in [0.15, 0.2) is 5.72 Å². The highest BCUT2D eigenvalue weighted by molar-refractivity contribution is 6.31. The van der Waals surface area contributed by atoms with Crippen LogP contribution in [0.5, 0.6) is 11.6 Å². The van der Waals surface area contributed by atoms with E-state index in [1.54, 1.807) is 24.3 Å². The molecule has 246 valence electrons. The van der Waals surface area contributed by atoms with E-state index in [1.165, 1.54) is 38.5 Å². The van der Waals surface area contributed by atoms with Crippen LogP contribution in [0.1, 0.15) is 43.0 Å². The van der Waals surface area contributed by atoms with Gasteiger partial charge in [-0.05, 0) is 66.2 Å². The van der Waals surface area contributed by atoms with Crippen LogP contribution >= 0.6 is 11.6 Å². The van der Waals surface area contributed by atoms with Gasteiger partial charge in [0.1, 0.15) is 17.4 Å². The number of rotatable bonds is 7. The lowest BCUT2D eigenvalue weighted by Gasteiger charge is -2.36. The maximum Gasteiger partial charge on any atom is 0.416 e. The fourth-order valence-corrected chi connectivity index (χ4v) is 5.94. The minimum absolute atomic E-state index is 0.0889. The summed E-state index contributed by atoms with van der Waals surface area (Å²) in [5.41, 5.74) is -5.09. The van der Waals surface area contributed by atoms with Gasteiger partial charge < -0.3 is 19.9 Å². The van der Waals surface area contributed by atoms with Crippen LogP contribution in [-0.2, 0) is 18.4 Å². The highest BCUT2D eigenvalue weighted by Crippen LogP contribution is 2.51. The lowest BCUT2D eigenvalue weighted by atomic mass is 9.89. The molecule has 0 spiro atoms. The van der Waals surface area contributed by atoms with Gasteiger partial charge in [-0.2, -0.15) is 13.2 Å². The minimum atomic E-state index is -4.97. The number of pyridine rings is 1. The summed E-state index contributed by atoms with van der Waals surface area (Å²) in [6, 6.07) is 15.2. The number of nitrogens with one attached hydrogen (secondary N) is 1. The van der Waals surface area contributed by atoms with Gasteiger partial charge in [0.05, 0.1) is 36.6 Å². The number of carbonyl (C=O) groups excluding carboxylic acids is 2. The van der Waals surface area contributed by atoms with Crippen molar-refractivity contribution < 1.29 is 46.1 Å². The lowest BCUT2D eigenvalue weighted by molar-refractivity contribution is -0.137. The normalized spacial score (nSPS) is 15.9. The maximum absolute atomic E-state index is 14.8. The van der Waals surface area contributed by atoms with Gasteiger partial charge in [-0.15, -0.1) is 0 Å². The summed E-state index contributed by atoms with van der Waals surface area (Å²) in [5, 5.41) is 15.2. The molecule has 0 fully saturated rings. The smallest absolute Gasteiger partial charge is 0.416 e. The predicted molar refractivity (Wildman–Crippen MR) is 165 cm³/mol. The van der Waals surface area contributed by atoms with Gasteiger partial charge in [-0.25, -0.2) is 13.8 Å². The van der Waals surface area contributed by atoms with Crippen molar-refractivity contribution in [2.45, 2.75) is 18.4 Å². The van der Waals surface area contributed by atoms with E-state index >= 15 is 0 Å². The highest BCUT2D eigenvalue weighted by Gasteiger charge is 2.53. The second kappa shape index (κ2) is 12.1. The van der Waals surface area contributed by atoms with Crippen LogP contribution in [0.25, 0.3) is 10.9 Å². The number of carbonyl (C=O) groups is 2. The molecule has 0 radical (unpaired) electrons. The molecule has 6 rings (SSSR count). The van der Waals surface area contributed by atoms with Gasteiger partial charge in [-0.1, -0.05) is 23.7 Å². The first-order valence-corrected chi connectivity index (χ1v) is 14.5. The van der Waals surface area contributed by atoms with Crippen molar-refractivity contribution in [3.8, 4) is 11.6 Å². The number of amides is 2. The summed E-state index contributed by atoms with van der Waals surface area (Å²) < 4.78 is 80.0. The average molecular weight is 684 g/mol. The molecule has 0 saturated heterocycles. The Hall–Kier alpha value is -5.27. The number of ether oxygens (including phenoxy) is 2. The summed E-state index contributed by atoms with van der Waals surface area (Å²) in [6.45, 7) is -0.266. The largest absolute Gasteiger partial charge is 0.497 e. The van der Waals surface area contributed by atoms with Crippen molar-refractivity contribution in [3.63, 3.8) is 0 Å². The van der Waals surface area contributed by atoms with E-state index in [-0.39, 0.29) is 56.8 Å². The third kappa shape index (κ3) is 5.64. The molecule has 8 nitrogen and oxygen atoms in total. The molecular weight excluding hydrogens is 661 g/mol. The fourth-order valence-electron chi connectivity index (χ4n) is 5.69. The van der Waals surface area contributed by atoms with Crippen molar-refractivity contribution in [2.75, 3.05) is 19.5 Å². The van der Waals surface area contributed by atoms with Crippen molar-refractivity contribution in [3.05, 3.63) is 129 Å². The van der Waals surface area contributed by atoms with Gasteiger partial charge in [0.2, 0.25) is 5.88 Å². The van der Waals surface area contributed by atoms with Gasteiger partial charge in [-0.3, -0.25) is 14.5 Å². The zero-order chi connectivity index (χ0) is 34.5. The molecule has 2 heterocycles. The molecular formula is C34H23ClF5N3O5. The molecule has 1 unspecified atom stereocenters. The van der Waals surface area contributed by atoms with E-state index in [0.717, 1.165) is 17.0 Å². The second-order valence-electron chi connectivity index (χ2n) is 10.8. The number of hydrogen-bond donors (Lipinski definition) is 2. The van der Waals surface area contributed by atoms with Crippen molar-refractivity contribution in [1.82, 2.24) is 9.88 Å². The summed E-state index contributed by atoms with van der Waals surface area (Å²) >= 11 is 6.53. The maximum atomic E-state index is 14.8. The van der Waals surface area contributed by atoms with Crippen LogP contribution in [0.3, 0.4) is 0 Å². The number of hydrogen-bond acceptors (Lipinski definition) is 6. The van der Waals surface area contributed by atoms with Crippen LogP contribution in [0.4, 0.5) is 27.6 Å². The van der Waals surface area contributed by atoms with Crippen LogP contribution < -0.4 is 14.8 Å². The molecule has 5 aromatic rings. The Bertz CT molecular complexity index is 2110. The number of nitrogens with zero attached hydrogens (tertiary/aromatic N) is 2. The summed E-state index contributed by atoms with van der Waals surface area (Å²) in [4.78, 5) is 33.3. The topological polar surface area (TPSA) is 101 Å². The van der Waals surface area contributed by atoms with Crippen molar-refractivity contribution >= 4 is 40.0 Å². The third-order valence-corrected chi connectivity index (χ3v) is 8.25.